The van der Waals surface area contributed by atoms with Crippen LogP contribution < -0.4 is 64.8 Å². The van der Waals surface area contributed by atoms with Gasteiger partial charge in [0.15, 0.2) is 0 Å². The summed E-state index contributed by atoms with van der Waals surface area (Å²) in [6.45, 7) is 0. The summed E-state index contributed by atoms with van der Waals surface area (Å²) in [5.41, 5.74) is 5.09. The molecular weight excluding hydrogens is 436 g/mol. The number of nitrogens with two attached hydrogens (primary N) is 1. The Hall–Kier alpha value is 0.190. The minimum Gasteiger partial charge on any atom is -1.00 e. The molecule has 0 aromatic heterocycles. The number of anilines is 1. The zero-order valence-corrected chi connectivity index (χ0v) is 19.9. The van der Waals surface area contributed by atoms with Gasteiger partial charge >= 0.3 is 59.1 Å². The SMILES string of the molecule is Nc1cc(S(=O)(=O)O)cc2cc(S(=O)(=O)O)cc(S(=O)(=O)O)c12.O.[H-].[H-].[Na+].[Na+]. The number of hydrogen-bond acceptors (Lipinski definition) is 7. The fourth-order valence-corrected chi connectivity index (χ4v) is 3.89. The molecule has 0 fully saturated rings. The second-order valence-corrected chi connectivity index (χ2v) is 8.69. The van der Waals surface area contributed by atoms with Gasteiger partial charge in [0, 0.05) is 11.1 Å². The van der Waals surface area contributed by atoms with Gasteiger partial charge in [-0.15, -0.1) is 0 Å². The van der Waals surface area contributed by atoms with E-state index < -0.39 is 50.7 Å². The van der Waals surface area contributed by atoms with E-state index in [4.69, 9.17) is 14.8 Å². The van der Waals surface area contributed by atoms with Crippen LogP contribution in [-0.2, 0) is 30.4 Å². The molecule has 26 heavy (non-hydrogen) atoms. The van der Waals surface area contributed by atoms with E-state index in [2.05, 4.69) is 0 Å². The van der Waals surface area contributed by atoms with Gasteiger partial charge in [-0.1, -0.05) is 0 Å². The van der Waals surface area contributed by atoms with Crippen molar-refractivity contribution in [3.63, 3.8) is 0 Å². The topological polar surface area (TPSA) is 221 Å². The van der Waals surface area contributed by atoms with Crippen LogP contribution in [0.5, 0.6) is 0 Å². The maximum atomic E-state index is 11.4. The first-order chi connectivity index (χ1) is 10.2. The van der Waals surface area contributed by atoms with Crippen LogP contribution in [0.15, 0.2) is 39.0 Å². The predicted octanol–water partition coefficient (Wildman–Crippen LogP) is -6.43. The zero-order valence-electron chi connectivity index (χ0n) is 15.4. The van der Waals surface area contributed by atoms with Gasteiger partial charge in [-0.2, -0.15) is 25.3 Å². The van der Waals surface area contributed by atoms with Crippen molar-refractivity contribution in [1.82, 2.24) is 0 Å². The second kappa shape index (κ2) is 9.13. The predicted molar refractivity (Wildman–Crippen MR) is 83.6 cm³/mol. The molecule has 2 aromatic rings. The minimum absolute atomic E-state index is 0. The number of nitrogen functional groups attached to an aromatic ring is 1. The standard InChI is InChI=1S/C10H9NO9S3.2Na.H2O.2H/c11-8-3-6(21(12,13)14)1-5-2-7(22(15,16)17)4-9(10(5)8)23(18,19)20;;;;;/h1-4H,11H2,(H,12,13,14)(H,15,16,17)(H,18,19,20);;;1H2;;/q;2*+1;;2*-1. The Kier molecular flexibility index (Phi) is 9.97. The van der Waals surface area contributed by atoms with E-state index in [1.807, 2.05) is 0 Å². The van der Waals surface area contributed by atoms with Crippen LogP contribution in [0.2, 0.25) is 0 Å². The summed E-state index contributed by atoms with van der Waals surface area (Å²) in [4.78, 5) is -2.58. The summed E-state index contributed by atoms with van der Waals surface area (Å²) in [5, 5.41) is -0.715. The van der Waals surface area contributed by atoms with Gasteiger partial charge < -0.3 is 14.1 Å². The van der Waals surface area contributed by atoms with Crippen LogP contribution in [-0.4, -0.2) is 44.4 Å². The molecule has 7 N–H and O–H groups in total. The fraction of sp³-hybridized carbons (Fsp3) is 0. The van der Waals surface area contributed by atoms with E-state index in [0.29, 0.717) is 6.07 Å². The molecule has 0 radical (unpaired) electrons. The van der Waals surface area contributed by atoms with Gasteiger partial charge in [0.25, 0.3) is 30.4 Å². The second-order valence-electron chi connectivity index (χ2n) is 4.46. The molecule has 0 bridgehead atoms. The largest absolute Gasteiger partial charge is 1.00 e. The monoisotopic (exact) mass is 449 g/mol. The molecule has 2 aromatic carbocycles. The van der Waals surface area contributed by atoms with Gasteiger partial charge in [0.1, 0.15) is 4.90 Å². The Balaban J connectivity index is -0.000000576. The minimum atomic E-state index is -4.95. The van der Waals surface area contributed by atoms with Crippen LogP contribution in [0.1, 0.15) is 2.85 Å². The van der Waals surface area contributed by atoms with Crippen molar-refractivity contribution in [3.8, 4) is 0 Å². The molecule has 138 valence electrons. The van der Waals surface area contributed by atoms with Crippen molar-refractivity contribution >= 4 is 46.8 Å². The van der Waals surface area contributed by atoms with E-state index >= 15 is 0 Å². The Bertz CT molecular complexity index is 1150. The first-order valence-corrected chi connectivity index (χ1v) is 9.83. The van der Waals surface area contributed by atoms with Gasteiger partial charge in [-0.3, -0.25) is 13.7 Å². The summed E-state index contributed by atoms with van der Waals surface area (Å²) in [7, 11) is -14.5. The summed E-state index contributed by atoms with van der Waals surface area (Å²) < 4.78 is 94.8. The fourth-order valence-electron chi connectivity index (χ4n) is 1.96. The molecule has 0 aliphatic heterocycles. The Morgan fingerprint density at radius 2 is 1.12 bits per heavy atom. The Morgan fingerprint density at radius 1 is 0.731 bits per heavy atom. The third kappa shape index (κ3) is 6.10. The Labute approximate surface area is 196 Å². The molecule has 0 saturated heterocycles. The number of hydrogen-bond donors (Lipinski definition) is 4. The number of benzene rings is 2. The van der Waals surface area contributed by atoms with Gasteiger partial charge in [0.2, 0.25) is 0 Å². The number of rotatable bonds is 3. The molecule has 16 heteroatoms. The van der Waals surface area contributed by atoms with E-state index in [0.717, 1.165) is 18.2 Å². The molecule has 0 heterocycles. The molecule has 0 aliphatic rings. The zero-order chi connectivity index (χ0) is 17.8. The van der Waals surface area contributed by atoms with Crippen LogP contribution in [0.4, 0.5) is 5.69 Å². The van der Waals surface area contributed by atoms with Crippen molar-refractivity contribution < 1.29 is 106 Å². The molecule has 0 saturated carbocycles. The van der Waals surface area contributed by atoms with Crippen molar-refractivity contribution in [2.24, 2.45) is 0 Å². The molecule has 0 atom stereocenters. The van der Waals surface area contributed by atoms with Crippen LogP contribution in [0.3, 0.4) is 0 Å². The third-order valence-electron chi connectivity index (χ3n) is 2.86. The van der Waals surface area contributed by atoms with E-state index in [1.54, 1.807) is 0 Å². The maximum Gasteiger partial charge on any atom is 1.00 e. The van der Waals surface area contributed by atoms with Crippen LogP contribution in [0, 0.1) is 0 Å². The molecule has 0 spiro atoms. The third-order valence-corrected chi connectivity index (χ3v) is 5.40. The van der Waals surface area contributed by atoms with Crippen molar-refractivity contribution in [2.45, 2.75) is 14.7 Å². The number of fused-ring (bicyclic) bond motifs is 1. The quantitative estimate of drug-likeness (QED) is 0.197. The molecule has 11 nitrogen and oxygen atoms in total. The van der Waals surface area contributed by atoms with Crippen molar-refractivity contribution in [1.29, 1.82) is 0 Å². The summed E-state index contributed by atoms with van der Waals surface area (Å²) >= 11 is 0. The van der Waals surface area contributed by atoms with E-state index in [1.165, 1.54) is 0 Å². The van der Waals surface area contributed by atoms with Crippen LogP contribution >= 0.6 is 0 Å². The first kappa shape index (κ1) is 28.4. The Morgan fingerprint density at radius 3 is 1.46 bits per heavy atom. The van der Waals surface area contributed by atoms with Crippen LogP contribution in [0.25, 0.3) is 10.8 Å². The average molecular weight is 449 g/mol. The van der Waals surface area contributed by atoms with E-state index in [9.17, 15) is 29.8 Å². The molecular formula is C10H13NNa2O10S3. The normalized spacial score (nSPS) is 11.8. The summed E-state index contributed by atoms with van der Waals surface area (Å²) in [5.74, 6) is 0. The van der Waals surface area contributed by atoms with Crippen molar-refractivity contribution in [3.05, 3.63) is 24.3 Å². The first-order valence-electron chi connectivity index (χ1n) is 5.51. The summed E-state index contributed by atoms with van der Waals surface area (Å²) in [6.07, 6.45) is 0. The molecule has 0 aliphatic carbocycles. The average Bonchev–Trinajstić information content (AvgIpc) is 2.33. The van der Waals surface area contributed by atoms with Crippen molar-refractivity contribution in [2.75, 3.05) is 5.73 Å². The van der Waals surface area contributed by atoms with Gasteiger partial charge in [-0.25, -0.2) is 0 Å². The smallest absolute Gasteiger partial charge is 1.00 e. The summed E-state index contributed by atoms with van der Waals surface area (Å²) in [6, 6.07) is 2.69. The van der Waals surface area contributed by atoms with Gasteiger partial charge in [0.05, 0.1) is 9.79 Å². The maximum absolute atomic E-state index is 11.4. The van der Waals surface area contributed by atoms with Gasteiger partial charge in [-0.05, 0) is 29.7 Å². The van der Waals surface area contributed by atoms with E-state index in [-0.39, 0.29) is 78.2 Å². The molecule has 2 rings (SSSR count). The molecule has 0 amide bonds. The molecule has 0 unspecified atom stereocenters.